The van der Waals surface area contributed by atoms with E-state index in [9.17, 15) is 83.4 Å². The third kappa shape index (κ3) is 4.62. The second-order valence-corrected chi connectivity index (χ2v) is 8.54. The van der Waals surface area contributed by atoms with Crippen molar-refractivity contribution in [1.82, 2.24) is 0 Å². The summed E-state index contributed by atoms with van der Waals surface area (Å²) in [6.45, 7) is 0. The minimum absolute atomic E-state index is 0.0486. The number of anilines is 2. The Hall–Kier alpha value is -3.29. The second kappa shape index (κ2) is 9.61. The molecule has 2 aromatic carbocycles. The number of rotatable bonds is 7. The van der Waals surface area contributed by atoms with Crippen LogP contribution in [0.4, 0.5) is 94.8 Å². The first-order valence-corrected chi connectivity index (χ1v) is 10.2. The van der Waals surface area contributed by atoms with Crippen molar-refractivity contribution in [2.45, 2.75) is 53.6 Å². The van der Waals surface area contributed by atoms with E-state index >= 15 is 0 Å². The first-order valence-electron chi connectivity index (χ1n) is 10.2. The lowest BCUT2D eigenvalue weighted by Gasteiger charge is -2.41. The summed E-state index contributed by atoms with van der Waals surface area (Å²) >= 11 is 0. The van der Waals surface area contributed by atoms with Gasteiger partial charge in [-0.2, -0.15) is 83.4 Å². The summed E-state index contributed by atoms with van der Waals surface area (Å²) in [6.07, 6.45) is -21.0. The molecule has 21 heteroatoms. The zero-order valence-corrected chi connectivity index (χ0v) is 19.4. The highest BCUT2D eigenvalue weighted by molar-refractivity contribution is 5.57. The monoisotopic (exact) mass is 652 g/mol. The molecule has 238 valence electrons. The smallest absolute Gasteiger partial charge is 0.399 e. The molecule has 4 N–H and O–H groups in total. The highest BCUT2D eigenvalue weighted by atomic mass is 19.4. The van der Waals surface area contributed by atoms with Crippen LogP contribution in [0, 0.1) is 0 Å². The molecule has 0 aliphatic rings. The van der Waals surface area contributed by atoms with Crippen LogP contribution < -0.4 is 11.5 Å². The number of hydrogen-bond acceptors (Lipinski definition) is 2. The number of halogens is 19. The molecule has 0 saturated carbocycles. The third-order valence-electron chi connectivity index (χ3n) is 5.95. The van der Waals surface area contributed by atoms with E-state index in [4.69, 9.17) is 11.5 Å². The summed E-state index contributed by atoms with van der Waals surface area (Å²) in [4.78, 5) is 0. The van der Waals surface area contributed by atoms with Crippen molar-refractivity contribution in [1.29, 1.82) is 0 Å². The van der Waals surface area contributed by atoms with Crippen LogP contribution in [0.5, 0.6) is 0 Å². The largest absolute Gasteiger partial charge is 0.460 e. The summed E-state index contributed by atoms with van der Waals surface area (Å²) in [6, 6.07) is -0.970. The van der Waals surface area contributed by atoms with Gasteiger partial charge in [0.25, 0.3) is 0 Å². The predicted molar refractivity (Wildman–Crippen MR) is 104 cm³/mol. The van der Waals surface area contributed by atoms with Crippen molar-refractivity contribution < 1.29 is 83.4 Å². The van der Waals surface area contributed by atoms with Gasteiger partial charge in [0, 0.05) is 11.4 Å². The highest BCUT2D eigenvalue weighted by Gasteiger charge is 2.91. The fourth-order valence-corrected chi connectivity index (χ4v) is 3.72. The van der Waals surface area contributed by atoms with E-state index in [0.29, 0.717) is 12.1 Å². The van der Waals surface area contributed by atoms with Crippen LogP contribution in [0.3, 0.4) is 0 Å². The van der Waals surface area contributed by atoms with E-state index < -0.39 is 93.8 Å². The van der Waals surface area contributed by atoms with E-state index in [2.05, 4.69) is 0 Å². The molecule has 42 heavy (non-hydrogen) atoms. The van der Waals surface area contributed by atoms with Crippen LogP contribution in [0.2, 0.25) is 0 Å². The Morgan fingerprint density at radius 1 is 0.405 bits per heavy atom. The van der Waals surface area contributed by atoms with Crippen molar-refractivity contribution in [3.63, 3.8) is 0 Å². The summed E-state index contributed by atoms with van der Waals surface area (Å²) in [7, 11) is 0. The Kier molecular flexibility index (Phi) is 7.99. The average Bonchev–Trinajstić information content (AvgIpc) is 2.78. The van der Waals surface area contributed by atoms with Gasteiger partial charge in [-0.25, -0.2) is 0 Å². The Bertz CT molecular complexity index is 1270. The fraction of sp³-hybridized carbons (Fsp3) is 0.429. The molecule has 0 radical (unpaired) electrons. The Morgan fingerprint density at radius 3 is 1.17 bits per heavy atom. The first kappa shape index (κ1) is 34.9. The van der Waals surface area contributed by atoms with Gasteiger partial charge in [-0.15, -0.1) is 0 Å². The zero-order chi connectivity index (χ0) is 33.3. The molecule has 0 aliphatic carbocycles. The van der Waals surface area contributed by atoms with Crippen LogP contribution in [-0.4, -0.2) is 42.2 Å². The molecule has 2 aromatic rings. The Morgan fingerprint density at radius 2 is 0.786 bits per heavy atom. The number of benzene rings is 2. The summed E-state index contributed by atoms with van der Waals surface area (Å²) in [5.74, 6) is -40.2. The highest BCUT2D eigenvalue weighted by Crippen LogP contribution is 2.63. The average molecular weight is 652 g/mol. The second-order valence-electron chi connectivity index (χ2n) is 8.54. The molecule has 0 saturated heterocycles. The van der Waals surface area contributed by atoms with Crippen LogP contribution in [0.25, 0.3) is 0 Å². The predicted octanol–water partition coefficient (Wildman–Crippen LogP) is 8.46. The molecule has 0 aromatic heterocycles. The molecule has 0 atom stereocenters. The van der Waals surface area contributed by atoms with Gasteiger partial charge in [-0.3, -0.25) is 0 Å². The lowest BCUT2D eigenvalue weighted by molar-refractivity contribution is -0.441. The summed E-state index contributed by atoms with van der Waals surface area (Å²) in [5.41, 5.74) is -5.57. The van der Waals surface area contributed by atoms with Gasteiger partial charge in [0.1, 0.15) is 0 Å². The van der Waals surface area contributed by atoms with Crippen LogP contribution in [0.15, 0.2) is 42.5 Å². The van der Waals surface area contributed by atoms with E-state index in [-0.39, 0.29) is 18.2 Å². The summed E-state index contributed by atoms with van der Waals surface area (Å²) < 4.78 is 261. The standard InChI is InChI=1S/C21H11F19N2/c22-14(23,15(24,25)16(26,27)17(28,29)18(30,31)21(38,39)40)11-7-9(3-6-12(11)42)13(19(32,33)34,20(35,36)37)8-1-4-10(41)5-2-8/h1-7H,41-42H2. The van der Waals surface area contributed by atoms with E-state index in [1.165, 1.54) is 0 Å². The van der Waals surface area contributed by atoms with Crippen LogP contribution in [-0.2, 0) is 11.3 Å². The number of hydrogen-bond donors (Lipinski definition) is 2. The van der Waals surface area contributed by atoms with Crippen molar-refractivity contribution in [3.8, 4) is 0 Å². The molecule has 0 unspecified atom stereocenters. The molecular formula is C21H11F19N2. The molecule has 0 bridgehead atoms. The van der Waals surface area contributed by atoms with Crippen molar-refractivity contribution in [2.75, 3.05) is 11.5 Å². The molecule has 0 spiro atoms. The van der Waals surface area contributed by atoms with Crippen LogP contribution in [0.1, 0.15) is 16.7 Å². The normalized spacial score (nSPS) is 15.2. The Labute approximate surface area is 220 Å². The van der Waals surface area contributed by atoms with Crippen LogP contribution >= 0.6 is 0 Å². The number of alkyl halides is 19. The minimum atomic E-state index is -8.38. The minimum Gasteiger partial charge on any atom is -0.399 e. The maximum absolute atomic E-state index is 14.8. The van der Waals surface area contributed by atoms with Gasteiger partial charge in [0.2, 0.25) is 5.41 Å². The molecule has 0 heterocycles. The van der Waals surface area contributed by atoms with E-state index in [1.807, 2.05) is 0 Å². The van der Waals surface area contributed by atoms with Gasteiger partial charge in [0.05, 0.1) is 5.56 Å². The maximum Gasteiger partial charge on any atom is 0.460 e. The molecule has 2 rings (SSSR count). The van der Waals surface area contributed by atoms with E-state index in [0.717, 1.165) is 0 Å². The fourth-order valence-electron chi connectivity index (χ4n) is 3.72. The third-order valence-corrected chi connectivity index (χ3v) is 5.95. The van der Waals surface area contributed by atoms with Gasteiger partial charge in [-0.1, -0.05) is 18.2 Å². The van der Waals surface area contributed by atoms with Gasteiger partial charge >= 0.3 is 48.1 Å². The Balaban J connectivity index is 2.98. The molecule has 0 amide bonds. The van der Waals surface area contributed by atoms with Crippen molar-refractivity contribution in [2.24, 2.45) is 0 Å². The molecule has 2 nitrogen and oxygen atoms in total. The van der Waals surface area contributed by atoms with Gasteiger partial charge in [-0.05, 0) is 35.4 Å². The number of nitrogens with two attached hydrogens (primary N) is 2. The molecule has 0 fully saturated rings. The maximum atomic E-state index is 14.8. The number of nitrogen functional groups attached to an aromatic ring is 2. The lowest BCUT2D eigenvalue weighted by Crippen LogP contribution is -2.69. The quantitative estimate of drug-likeness (QED) is 0.233. The topological polar surface area (TPSA) is 52.0 Å². The van der Waals surface area contributed by atoms with Crippen molar-refractivity contribution >= 4 is 11.4 Å². The molecular weight excluding hydrogens is 641 g/mol. The lowest BCUT2D eigenvalue weighted by atomic mass is 9.72. The SMILES string of the molecule is Nc1ccc(C(c2ccc(N)c(C(F)(F)C(F)(F)C(F)(F)C(F)(F)C(F)(F)C(F)(F)F)c2)(C(F)(F)F)C(F)(F)F)cc1. The van der Waals surface area contributed by atoms with Gasteiger partial charge in [0.15, 0.2) is 0 Å². The molecule has 0 aliphatic heterocycles. The first-order chi connectivity index (χ1) is 18.4. The van der Waals surface area contributed by atoms with Gasteiger partial charge < -0.3 is 11.5 Å². The summed E-state index contributed by atoms with van der Waals surface area (Å²) in [5, 5.41) is 0. The van der Waals surface area contributed by atoms with E-state index in [1.54, 1.807) is 0 Å². The zero-order valence-electron chi connectivity index (χ0n) is 19.4. The van der Waals surface area contributed by atoms with Crippen molar-refractivity contribution in [3.05, 3.63) is 59.2 Å².